The number of ether oxygens (including phenoxy) is 1. The molecule has 0 radical (unpaired) electrons. The topological polar surface area (TPSA) is 41.6 Å². The quantitative estimate of drug-likeness (QED) is 0.786. The van der Waals surface area contributed by atoms with E-state index in [0.717, 1.165) is 38.9 Å². The molecule has 1 saturated heterocycles. The molecule has 1 amide bonds. The Morgan fingerprint density at radius 3 is 2.72 bits per heavy atom. The molecule has 1 unspecified atom stereocenters. The van der Waals surface area contributed by atoms with Crippen LogP contribution in [0.3, 0.4) is 0 Å². The lowest BCUT2D eigenvalue weighted by atomic mass is 10.0. The summed E-state index contributed by atoms with van der Waals surface area (Å²) < 4.78 is 5.47. The average molecular weight is 256 g/mol. The fourth-order valence-electron chi connectivity index (χ4n) is 2.22. The Morgan fingerprint density at radius 1 is 1.39 bits per heavy atom. The van der Waals surface area contributed by atoms with Crippen LogP contribution < -0.4 is 5.32 Å². The Kier molecular flexibility index (Phi) is 5.93. The number of amides is 1. The van der Waals surface area contributed by atoms with Gasteiger partial charge in [-0.3, -0.25) is 0 Å². The Bertz CT molecular complexity index is 261. The second kappa shape index (κ2) is 6.98. The molecule has 0 aliphatic carbocycles. The van der Waals surface area contributed by atoms with Crippen molar-refractivity contribution in [2.75, 3.05) is 19.6 Å². The minimum atomic E-state index is -0.407. The van der Waals surface area contributed by atoms with Gasteiger partial charge in [-0.15, -0.1) is 0 Å². The lowest BCUT2D eigenvalue weighted by Crippen LogP contribution is -2.50. The van der Waals surface area contributed by atoms with E-state index in [4.69, 9.17) is 4.74 Å². The summed E-state index contributed by atoms with van der Waals surface area (Å²) in [6.07, 6.45) is 4.33. The SMILES string of the molecule is CCCNCC1CCCCN1C(=O)OC(C)(C)C. The fraction of sp³-hybridized carbons (Fsp3) is 0.929. The van der Waals surface area contributed by atoms with Crippen molar-refractivity contribution in [3.63, 3.8) is 0 Å². The van der Waals surface area contributed by atoms with E-state index in [1.165, 1.54) is 6.42 Å². The molecule has 0 aromatic heterocycles. The molecule has 0 saturated carbocycles. The summed E-state index contributed by atoms with van der Waals surface area (Å²) in [6, 6.07) is 0.292. The van der Waals surface area contributed by atoms with Gasteiger partial charge in [0.25, 0.3) is 0 Å². The number of hydrogen-bond acceptors (Lipinski definition) is 3. The number of likely N-dealkylation sites (tertiary alicyclic amines) is 1. The largest absolute Gasteiger partial charge is 0.444 e. The highest BCUT2D eigenvalue weighted by Gasteiger charge is 2.29. The highest BCUT2D eigenvalue weighted by Crippen LogP contribution is 2.19. The van der Waals surface area contributed by atoms with Gasteiger partial charge in [-0.1, -0.05) is 6.92 Å². The standard InChI is InChI=1S/C14H28N2O2/c1-5-9-15-11-12-8-6-7-10-16(12)13(17)18-14(2,3)4/h12,15H,5-11H2,1-4H3. The van der Waals surface area contributed by atoms with Crippen LogP contribution >= 0.6 is 0 Å². The molecule has 0 spiro atoms. The van der Waals surface area contributed by atoms with E-state index in [1.807, 2.05) is 25.7 Å². The molecule has 0 aromatic rings. The maximum atomic E-state index is 12.1. The Hall–Kier alpha value is -0.770. The zero-order chi connectivity index (χ0) is 13.6. The van der Waals surface area contributed by atoms with Crippen molar-refractivity contribution in [3.05, 3.63) is 0 Å². The molecule has 106 valence electrons. The van der Waals surface area contributed by atoms with Crippen LogP contribution in [0.2, 0.25) is 0 Å². The van der Waals surface area contributed by atoms with Crippen LogP contribution in [0.5, 0.6) is 0 Å². The van der Waals surface area contributed by atoms with Gasteiger partial charge in [-0.05, 0) is 53.0 Å². The van der Waals surface area contributed by atoms with Crippen molar-refractivity contribution in [2.24, 2.45) is 0 Å². The Balaban J connectivity index is 2.50. The van der Waals surface area contributed by atoms with Crippen LogP contribution in [0, 0.1) is 0 Å². The van der Waals surface area contributed by atoms with E-state index in [9.17, 15) is 4.79 Å². The molecule has 4 nitrogen and oxygen atoms in total. The van der Waals surface area contributed by atoms with Gasteiger partial charge in [-0.2, -0.15) is 0 Å². The molecule has 1 N–H and O–H groups in total. The highest BCUT2D eigenvalue weighted by molar-refractivity contribution is 5.68. The summed E-state index contributed by atoms with van der Waals surface area (Å²) in [5.74, 6) is 0. The first-order valence-electron chi connectivity index (χ1n) is 7.14. The van der Waals surface area contributed by atoms with E-state index in [2.05, 4.69) is 12.2 Å². The third-order valence-electron chi connectivity index (χ3n) is 3.06. The smallest absolute Gasteiger partial charge is 0.410 e. The first kappa shape index (κ1) is 15.3. The minimum absolute atomic E-state index is 0.162. The van der Waals surface area contributed by atoms with Crippen molar-refractivity contribution in [2.45, 2.75) is 65.0 Å². The predicted octanol–water partition coefficient (Wildman–Crippen LogP) is 2.78. The normalized spacial score (nSPS) is 20.9. The highest BCUT2D eigenvalue weighted by atomic mass is 16.6. The van der Waals surface area contributed by atoms with Gasteiger partial charge >= 0.3 is 6.09 Å². The van der Waals surface area contributed by atoms with E-state index in [0.29, 0.717) is 6.04 Å². The number of piperidine rings is 1. The first-order valence-corrected chi connectivity index (χ1v) is 7.14. The minimum Gasteiger partial charge on any atom is -0.444 e. The summed E-state index contributed by atoms with van der Waals surface area (Å²) in [6.45, 7) is 10.6. The number of nitrogens with one attached hydrogen (secondary N) is 1. The molecule has 1 aliphatic rings. The zero-order valence-corrected chi connectivity index (χ0v) is 12.3. The third kappa shape index (κ3) is 5.25. The Labute approximate surface area is 111 Å². The van der Waals surface area contributed by atoms with Crippen molar-refractivity contribution < 1.29 is 9.53 Å². The van der Waals surface area contributed by atoms with Gasteiger partial charge in [-0.25, -0.2) is 4.79 Å². The molecule has 0 aromatic carbocycles. The summed E-state index contributed by atoms with van der Waals surface area (Å²) in [5.41, 5.74) is -0.407. The number of hydrogen-bond donors (Lipinski definition) is 1. The predicted molar refractivity (Wildman–Crippen MR) is 73.7 cm³/mol. The molecule has 0 bridgehead atoms. The molecule has 1 heterocycles. The van der Waals surface area contributed by atoms with Gasteiger partial charge in [0.15, 0.2) is 0 Å². The second-order valence-electron chi connectivity index (χ2n) is 6.03. The maximum Gasteiger partial charge on any atom is 0.410 e. The molecular formula is C14H28N2O2. The fourth-order valence-corrected chi connectivity index (χ4v) is 2.22. The number of carbonyl (C=O) groups is 1. The van der Waals surface area contributed by atoms with Crippen LogP contribution in [-0.4, -0.2) is 42.3 Å². The van der Waals surface area contributed by atoms with Crippen molar-refractivity contribution >= 4 is 6.09 Å². The summed E-state index contributed by atoms with van der Waals surface area (Å²) in [4.78, 5) is 14.0. The van der Waals surface area contributed by atoms with Crippen molar-refractivity contribution in [1.82, 2.24) is 10.2 Å². The van der Waals surface area contributed by atoms with Gasteiger partial charge in [0.2, 0.25) is 0 Å². The van der Waals surface area contributed by atoms with Gasteiger partial charge in [0, 0.05) is 19.1 Å². The van der Waals surface area contributed by atoms with E-state index in [1.54, 1.807) is 0 Å². The summed E-state index contributed by atoms with van der Waals surface area (Å²) in [7, 11) is 0. The van der Waals surface area contributed by atoms with Crippen LogP contribution in [0.1, 0.15) is 53.4 Å². The van der Waals surface area contributed by atoms with Gasteiger partial charge in [0.1, 0.15) is 5.60 Å². The molecular weight excluding hydrogens is 228 g/mol. The summed E-state index contributed by atoms with van der Waals surface area (Å²) in [5, 5.41) is 3.40. The third-order valence-corrected chi connectivity index (χ3v) is 3.06. The molecule has 1 atom stereocenters. The van der Waals surface area contributed by atoms with E-state index < -0.39 is 5.60 Å². The van der Waals surface area contributed by atoms with Gasteiger partial charge < -0.3 is 15.0 Å². The van der Waals surface area contributed by atoms with E-state index in [-0.39, 0.29) is 6.09 Å². The van der Waals surface area contributed by atoms with Crippen LogP contribution in [0.4, 0.5) is 4.79 Å². The maximum absolute atomic E-state index is 12.1. The lowest BCUT2D eigenvalue weighted by Gasteiger charge is -2.36. The van der Waals surface area contributed by atoms with Crippen molar-refractivity contribution in [3.8, 4) is 0 Å². The lowest BCUT2D eigenvalue weighted by molar-refractivity contribution is 0.00999. The van der Waals surface area contributed by atoms with Crippen molar-refractivity contribution in [1.29, 1.82) is 0 Å². The number of rotatable bonds is 4. The van der Waals surface area contributed by atoms with Crippen LogP contribution in [0.15, 0.2) is 0 Å². The first-order chi connectivity index (χ1) is 8.44. The van der Waals surface area contributed by atoms with Gasteiger partial charge in [0.05, 0.1) is 0 Å². The molecule has 1 fully saturated rings. The number of carbonyl (C=O) groups excluding carboxylic acids is 1. The summed E-state index contributed by atoms with van der Waals surface area (Å²) >= 11 is 0. The Morgan fingerprint density at radius 2 is 2.11 bits per heavy atom. The molecule has 1 aliphatic heterocycles. The van der Waals surface area contributed by atoms with E-state index >= 15 is 0 Å². The van der Waals surface area contributed by atoms with Crippen LogP contribution in [-0.2, 0) is 4.74 Å². The molecule has 18 heavy (non-hydrogen) atoms. The number of nitrogens with zero attached hydrogens (tertiary/aromatic N) is 1. The zero-order valence-electron chi connectivity index (χ0n) is 12.3. The average Bonchev–Trinajstić information content (AvgIpc) is 2.27. The monoisotopic (exact) mass is 256 g/mol. The molecule has 1 rings (SSSR count). The second-order valence-corrected chi connectivity index (χ2v) is 6.03. The molecule has 4 heteroatoms. The van der Waals surface area contributed by atoms with Crippen LogP contribution in [0.25, 0.3) is 0 Å².